The third-order valence-electron chi connectivity index (χ3n) is 4.04. The molecule has 1 atom stereocenters. The first kappa shape index (κ1) is 12.4. The Kier molecular flexibility index (Phi) is 3.12. The first-order chi connectivity index (χ1) is 9.23. The first-order valence-corrected chi connectivity index (χ1v) is 6.68. The fourth-order valence-electron chi connectivity index (χ4n) is 2.48. The van der Waals surface area contributed by atoms with Gasteiger partial charge < -0.3 is 10.8 Å². The van der Waals surface area contributed by atoms with Gasteiger partial charge in [-0.2, -0.15) is 5.10 Å². The van der Waals surface area contributed by atoms with E-state index in [-0.39, 0.29) is 5.41 Å². The van der Waals surface area contributed by atoms with Crippen molar-refractivity contribution in [2.45, 2.75) is 25.5 Å². The van der Waals surface area contributed by atoms with E-state index < -0.39 is 6.10 Å². The molecular weight excluding hydrogens is 238 g/mol. The van der Waals surface area contributed by atoms with Crippen molar-refractivity contribution in [3.05, 3.63) is 53.9 Å². The molecule has 2 aromatic rings. The van der Waals surface area contributed by atoms with Gasteiger partial charge in [0.2, 0.25) is 0 Å². The minimum absolute atomic E-state index is 0.0966. The summed E-state index contributed by atoms with van der Waals surface area (Å²) < 4.78 is 1.86. The molecule has 1 aliphatic rings. The average molecular weight is 257 g/mol. The number of hydrogen-bond donors (Lipinski definition) is 2. The number of rotatable bonds is 5. The zero-order valence-electron chi connectivity index (χ0n) is 10.9. The Bertz CT molecular complexity index is 546. The number of nitrogens with two attached hydrogens (primary N) is 1. The highest BCUT2D eigenvalue weighted by Crippen LogP contribution is 2.53. The molecule has 0 bridgehead atoms. The molecule has 3 N–H and O–H groups in total. The van der Waals surface area contributed by atoms with Crippen LogP contribution in [0.5, 0.6) is 0 Å². The maximum absolute atomic E-state index is 10.4. The Morgan fingerprint density at radius 2 is 2.05 bits per heavy atom. The van der Waals surface area contributed by atoms with E-state index in [0.717, 1.165) is 24.9 Å². The maximum atomic E-state index is 10.4. The van der Waals surface area contributed by atoms with Gasteiger partial charge in [-0.05, 0) is 18.4 Å². The van der Waals surface area contributed by atoms with Crippen LogP contribution in [-0.2, 0) is 6.54 Å². The van der Waals surface area contributed by atoms with Crippen molar-refractivity contribution in [1.82, 2.24) is 9.78 Å². The Morgan fingerprint density at radius 1 is 1.32 bits per heavy atom. The highest BCUT2D eigenvalue weighted by molar-refractivity contribution is 5.19. The average Bonchev–Trinajstić information content (AvgIpc) is 3.12. The van der Waals surface area contributed by atoms with Gasteiger partial charge in [0.25, 0.3) is 0 Å². The lowest BCUT2D eigenvalue weighted by Crippen LogP contribution is -2.23. The molecule has 1 aromatic heterocycles. The van der Waals surface area contributed by atoms with Gasteiger partial charge in [-0.15, -0.1) is 0 Å². The molecule has 100 valence electrons. The summed E-state index contributed by atoms with van der Waals surface area (Å²) in [5, 5.41) is 14.7. The lowest BCUT2D eigenvalue weighted by Gasteiger charge is -2.18. The van der Waals surface area contributed by atoms with Crippen LogP contribution in [0.25, 0.3) is 0 Å². The molecule has 19 heavy (non-hydrogen) atoms. The zero-order valence-corrected chi connectivity index (χ0v) is 10.9. The third kappa shape index (κ3) is 2.41. The van der Waals surface area contributed by atoms with Crippen LogP contribution >= 0.6 is 0 Å². The smallest absolute Gasteiger partial charge is 0.0888 e. The van der Waals surface area contributed by atoms with E-state index in [0.29, 0.717) is 6.54 Å². The predicted molar refractivity (Wildman–Crippen MR) is 73.5 cm³/mol. The summed E-state index contributed by atoms with van der Waals surface area (Å²) in [5.74, 6) is 0. The van der Waals surface area contributed by atoms with Crippen molar-refractivity contribution >= 4 is 0 Å². The topological polar surface area (TPSA) is 64.1 Å². The van der Waals surface area contributed by atoms with Crippen LogP contribution in [0, 0.1) is 5.41 Å². The van der Waals surface area contributed by atoms with E-state index in [4.69, 9.17) is 5.73 Å². The Balaban J connectivity index is 1.73. The van der Waals surface area contributed by atoms with Gasteiger partial charge >= 0.3 is 0 Å². The summed E-state index contributed by atoms with van der Waals surface area (Å²) in [4.78, 5) is 0. The predicted octanol–water partition coefficient (Wildman–Crippen LogP) is 1.70. The highest BCUT2D eigenvalue weighted by Gasteiger charge is 2.48. The van der Waals surface area contributed by atoms with Crippen molar-refractivity contribution in [2.75, 3.05) is 6.54 Å². The standard InChI is InChI=1S/C15H19N3O/c16-11-15(6-7-15)14(19)13-8-17-18(10-13)9-12-4-2-1-3-5-12/h1-5,8,10,14,19H,6-7,9,11,16H2. The number of aliphatic hydroxyl groups is 1. The normalized spacial score (nSPS) is 18.2. The summed E-state index contributed by atoms with van der Waals surface area (Å²) in [5.41, 5.74) is 7.73. The van der Waals surface area contributed by atoms with Crippen LogP contribution in [-0.4, -0.2) is 21.4 Å². The third-order valence-corrected chi connectivity index (χ3v) is 4.04. The van der Waals surface area contributed by atoms with Crippen molar-refractivity contribution in [3.8, 4) is 0 Å². The highest BCUT2D eigenvalue weighted by atomic mass is 16.3. The second kappa shape index (κ2) is 4.79. The van der Waals surface area contributed by atoms with Crippen LogP contribution in [0.3, 0.4) is 0 Å². The number of aromatic nitrogens is 2. The molecule has 0 radical (unpaired) electrons. The molecule has 0 spiro atoms. The van der Waals surface area contributed by atoms with Crippen LogP contribution in [0.1, 0.15) is 30.1 Å². The zero-order chi connectivity index (χ0) is 13.3. The molecule has 1 unspecified atom stereocenters. The molecule has 4 nitrogen and oxygen atoms in total. The SMILES string of the molecule is NCC1(C(O)c2cnn(Cc3ccccc3)c2)CC1. The van der Waals surface area contributed by atoms with Crippen LogP contribution in [0.2, 0.25) is 0 Å². The van der Waals surface area contributed by atoms with Crippen LogP contribution in [0.4, 0.5) is 0 Å². The minimum Gasteiger partial charge on any atom is -0.388 e. The number of nitrogens with zero attached hydrogens (tertiary/aromatic N) is 2. The van der Waals surface area contributed by atoms with E-state index in [1.807, 2.05) is 29.1 Å². The van der Waals surface area contributed by atoms with E-state index in [9.17, 15) is 5.11 Å². The summed E-state index contributed by atoms with van der Waals surface area (Å²) in [7, 11) is 0. The lowest BCUT2D eigenvalue weighted by molar-refractivity contribution is 0.0974. The van der Waals surface area contributed by atoms with Crippen molar-refractivity contribution in [1.29, 1.82) is 0 Å². The van der Waals surface area contributed by atoms with Gasteiger partial charge in [-0.25, -0.2) is 0 Å². The lowest BCUT2D eigenvalue weighted by atomic mass is 9.95. The Morgan fingerprint density at radius 3 is 2.68 bits per heavy atom. The molecule has 1 fully saturated rings. The van der Waals surface area contributed by atoms with E-state index in [1.165, 1.54) is 5.56 Å². The number of benzene rings is 1. The first-order valence-electron chi connectivity index (χ1n) is 6.68. The molecular formula is C15H19N3O. The molecule has 1 aromatic carbocycles. The van der Waals surface area contributed by atoms with Gasteiger partial charge in [0, 0.05) is 23.7 Å². The van der Waals surface area contributed by atoms with E-state index >= 15 is 0 Å². The second-order valence-corrected chi connectivity index (χ2v) is 5.43. The second-order valence-electron chi connectivity index (χ2n) is 5.43. The van der Waals surface area contributed by atoms with E-state index in [2.05, 4.69) is 17.2 Å². The van der Waals surface area contributed by atoms with Gasteiger partial charge in [0.1, 0.15) is 0 Å². The number of hydrogen-bond acceptors (Lipinski definition) is 3. The summed E-state index contributed by atoms with van der Waals surface area (Å²) in [6.45, 7) is 1.27. The summed E-state index contributed by atoms with van der Waals surface area (Å²) in [6.07, 6.45) is 5.21. The molecule has 4 heteroatoms. The van der Waals surface area contributed by atoms with Gasteiger partial charge in [0.15, 0.2) is 0 Å². The molecule has 1 saturated carbocycles. The molecule has 1 heterocycles. The Labute approximate surface area is 112 Å². The largest absolute Gasteiger partial charge is 0.388 e. The fourth-order valence-corrected chi connectivity index (χ4v) is 2.48. The van der Waals surface area contributed by atoms with Crippen LogP contribution < -0.4 is 5.73 Å². The van der Waals surface area contributed by atoms with Crippen molar-refractivity contribution in [2.24, 2.45) is 11.1 Å². The summed E-state index contributed by atoms with van der Waals surface area (Å²) in [6, 6.07) is 10.2. The van der Waals surface area contributed by atoms with Gasteiger partial charge in [0.05, 0.1) is 18.8 Å². The van der Waals surface area contributed by atoms with E-state index in [1.54, 1.807) is 6.20 Å². The molecule has 3 rings (SSSR count). The molecule has 0 amide bonds. The molecule has 0 saturated heterocycles. The maximum Gasteiger partial charge on any atom is 0.0888 e. The minimum atomic E-state index is -0.484. The van der Waals surface area contributed by atoms with Crippen molar-refractivity contribution < 1.29 is 5.11 Å². The Hall–Kier alpha value is -1.65. The van der Waals surface area contributed by atoms with Crippen LogP contribution in [0.15, 0.2) is 42.7 Å². The fraction of sp³-hybridized carbons (Fsp3) is 0.400. The molecule has 1 aliphatic carbocycles. The quantitative estimate of drug-likeness (QED) is 0.857. The molecule has 0 aliphatic heterocycles. The van der Waals surface area contributed by atoms with Gasteiger partial charge in [-0.1, -0.05) is 30.3 Å². The van der Waals surface area contributed by atoms with Crippen molar-refractivity contribution in [3.63, 3.8) is 0 Å². The summed E-state index contributed by atoms with van der Waals surface area (Å²) >= 11 is 0. The monoisotopic (exact) mass is 257 g/mol. The number of aliphatic hydroxyl groups excluding tert-OH is 1. The van der Waals surface area contributed by atoms with Gasteiger partial charge in [-0.3, -0.25) is 4.68 Å².